The van der Waals surface area contributed by atoms with Gasteiger partial charge in [-0.3, -0.25) is 4.79 Å². The molecule has 7 heteroatoms. The Morgan fingerprint density at radius 3 is 2.62 bits per heavy atom. The van der Waals surface area contributed by atoms with Gasteiger partial charge in [0.05, 0.1) is 7.11 Å². The summed E-state index contributed by atoms with van der Waals surface area (Å²) in [7, 11) is 1.31. The van der Waals surface area contributed by atoms with Crippen LogP contribution in [-0.4, -0.2) is 48.4 Å². The van der Waals surface area contributed by atoms with E-state index in [9.17, 15) is 9.59 Å². The first-order valence-electron chi connectivity index (χ1n) is 4.85. The number of carboxylic acid groups (broad SMARTS) is 1. The van der Waals surface area contributed by atoms with E-state index >= 15 is 0 Å². The number of thioether (sulfide) groups is 1. The summed E-state index contributed by atoms with van der Waals surface area (Å²) in [5.74, 6) is 0.362. The van der Waals surface area contributed by atoms with Crippen molar-refractivity contribution >= 4 is 23.8 Å². The summed E-state index contributed by atoms with van der Waals surface area (Å²) in [5.41, 5.74) is 5.34. The predicted octanol–water partition coefficient (Wildman–Crippen LogP) is 0.124. The second-order valence-electron chi connectivity index (χ2n) is 3.46. The predicted molar refractivity (Wildman–Crippen MR) is 62.5 cm³/mol. The molecule has 0 aliphatic rings. The number of carbonyl (C=O) groups excluding carboxylic acids is 1. The van der Waals surface area contributed by atoms with Crippen LogP contribution >= 0.6 is 11.8 Å². The highest BCUT2D eigenvalue weighted by molar-refractivity contribution is 7.99. The molecule has 0 rings (SSSR count). The minimum absolute atomic E-state index is 0.241. The van der Waals surface area contributed by atoms with E-state index in [1.807, 2.05) is 6.92 Å². The Bertz CT molecular complexity index is 238. The average Bonchev–Trinajstić information content (AvgIpc) is 2.25. The van der Waals surface area contributed by atoms with Crippen LogP contribution in [0.5, 0.6) is 0 Å². The van der Waals surface area contributed by atoms with Crippen molar-refractivity contribution in [3.63, 3.8) is 0 Å². The fourth-order valence-electron chi connectivity index (χ4n) is 0.856. The van der Waals surface area contributed by atoms with Gasteiger partial charge in [-0.1, -0.05) is 6.92 Å². The Hall–Kier alpha value is -0.950. The summed E-state index contributed by atoms with van der Waals surface area (Å²) in [4.78, 5) is 21.2. The van der Waals surface area contributed by atoms with E-state index in [2.05, 4.69) is 10.1 Å². The largest absolute Gasteiger partial charge is 0.480 e. The number of rotatable bonds is 7. The summed E-state index contributed by atoms with van der Waals surface area (Å²) in [6.07, 6.45) is -0.459. The number of methoxy groups -OCH3 is 1. The number of carbonyl (C=O) groups is 2. The molecule has 0 bridgehead atoms. The fourth-order valence-corrected chi connectivity index (χ4v) is 1.91. The molecule has 2 atom stereocenters. The maximum Gasteiger partial charge on any atom is 0.406 e. The lowest BCUT2D eigenvalue weighted by atomic mass is 10.2. The zero-order valence-corrected chi connectivity index (χ0v) is 10.3. The molecule has 4 N–H and O–H groups in total. The topological polar surface area (TPSA) is 102 Å². The van der Waals surface area contributed by atoms with Crippen molar-refractivity contribution in [2.24, 2.45) is 11.7 Å². The van der Waals surface area contributed by atoms with Crippen LogP contribution in [0.4, 0.5) is 4.79 Å². The standard InChI is InChI=1S/C9H18N2O4S/c1-6(3-11-9(14)15-2)4-16-5-7(10)8(12)13/h6-7H,3-5,10H2,1-2H3,(H,11,14)(H,12,13)/t6?,7-/m0/s1. The molecule has 0 heterocycles. The molecule has 0 radical (unpaired) electrons. The van der Waals surface area contributed by atoms with Crippen LogP contribution < -0.4 is 11.1 Å². The van der Waals surface area contributed by atoms with Crippen molar-refractivity contribution in [2.75, 3.05) is 25.2 Å². The SMILES string of the molecule is COC(=O)NCC(C)CSC[C@H](N)C(=O)O. The molecule has 94 valence electrons. The van der Waals surface area contributed by atoms with Crippen molar-refractivity contribution in [1.82, 2.24) is 5.32 Å². The minimum atomic E-state index is -0.993. The second kappa shape index (κ2) is 8.23. The number of hydrogen-bond acceptors (Lipinski definition) is 5. The summed E-state index contributed by atoms with van der Waals surface area (Å²) >= 11 is 1.46. The first kappa shape index (κ1) is 15.0. The van der Waals surface area contributed by atoms with Gasteiger partial charge in [-0.2, -0.15) is 11.8 Å². The Morgan fingerprint density at radius 2 is 2.12 bits per heavy atom. The number of hydrogen-bond donors (Lipinski definition) is 3. The first-order valence-corrected chi connectivity index (χ1v) is 6.00. The van der Waals surface area contributed by atoms with Gasteiger partial charge >= 0.3 is 12.1 Å². The molecule has 6 nitrogen and oxygen atoms in total. The Labute approximate surface area is 98.9 Å². The molecule has 1 amide bonds. The lowest BCUT2D eigenvalue weighted by molar-refractivity contribution is -0.137. The normalized spacial score (nSPS) is 13.9. The first-order chi connectivity index (χ1) is 7.47. The monoisotopic (exact) mass is 250 g/mol. The maximum atomic E-state index is 10.7. The maximum absolute atomic E-state index is 10.7. The number of nitrogens with two attached hydrogens (primary N) is 1. The number of alkyl carbamates (subject to hydrolysis) is 1. The molecule has 0 aromatic carbocycles. The third-order valence-electron chi connectivity index (χ3n) is 1.80. The molecule has 0 aliphatic carbocycles. The Balaban J connectivity index is 3.54. The van der Waals surface area contributed by atoms with Crippen molar-refractivity contribution in [2.45, 2.75) is 13.0 Å². The van der Waals surface area contributed by atoms with Crippen LogP contribution in [0.25, 0.3) is 0 Å². The molecule has 0 saturated heterocycles. The summed E-state index contributed by atoms with van der Waals surface area (Å²) in [6.45, 7) is 2.46. The van der Waals surface area contributed by atoms with Gasteiger partial charge < -0.3 is 20.9 Å². The highest BCUT2D eigenvalue weighted by Gasteiger charge is 2.12. The van der Waals surface area contributed by atoms with Crippen LogP contribution in [0.15, 0.2) is 0 Å². The van der Waals surface area contributed by atoms with Gasteiger partial charge in [0.25, 0.3) is 0 Å². The van der Waals surface area contributed by atoms with Crippen LogP contribution in [0.2, 0.25) is 0 Å². The molecule has 0 aromatic rings. The number of aliphatic carboxylic acids is 1. The zero-order chi connectivity index (χ0) is 12.6. The number of nitrogens with one attached hydrogen (secondary N) is 1. The molecule has 16 heavy (non-hydrogen) atoms. The van der Waals surface area contributed by atoms with Crippen molar-refractivity contribution in [1.29, 1.82) is 0 Å². The molecular weight excluding hydrogens is 232 g/mol. The van der Waals surface area contributed by atoms with Crippen molar-refractivity contribution < 1.29 is 19.4 Å². The number of amides is 1. The third-order valence-corrected chi connectivity index (χ3v) is 3.20. The van der Waals surface area contributed by atoms with Gasteiger partial charge in [-0.05, 0) is 11.7 Å². The second-order valence-corrected chi connectivity index (χ2v) is 4.53. The fraction of sp³-hybridized carbons (Fsp3) is 0.778. The van der Waals surface area contributed by atoms with E-state index in [0.29, 0.717) is 12.3 Å². The Morgan fingerprint density at radius 1 is 1.50 bits per heavy atom. The van der Waals surface area contributed by atoms with E-state index in [1.54, 1.807) is 0 Å². The van der Waals surface area contributed by atoms with E-state index in [1.165, 1.54) is 18.9 Å². The third kappa shape index (κ3) is 7.36. The Kier molecular flexibility index (Phi) is 7.74. The molecule has 0 fully saturated rings. The summed E-state index contributed by atoms with van der Waals surface area (Å²) < 4.78 is 4.42. The van der Waals surface area contributed by atoms with Crippen molar-refractivity contribution in [3.8, 4) is 0 Å². The number of ether oxygens (including phenoxy) is 1. The molecular formula is C9H18N2O4S. The van der Waals surface area contributed by atoms with Gasteiger partial charge in [0, 0.05) is 12.3 Å². The average molecular weight is 250 g/mol. The van der Waals surface area contributed by atoms with Gasteiger partial charge in [0.1, 0.15) is 6.04 Å². The van der Waals surface area contributed by atoms with E-state index < -0.39 is 18.1 Å². The number of carboxylic acids is 1. The van der Waals surface area contributed by atoms with E-state index in [4.69, 9.17) is 10.8 Å². The highest BCUT2D eigenvalue weighted by Crippen LogP contribution is 2.08. The smallest absolute Gasteiger partial charge is 0.406 e. The van der Waals surface area contributed by atoms with Gasteiger partial charge in [-0.25, -0.2) is 4.79 Å². The van der Waals surface area contributed by atoms with E-state index in [0.717, 1.165) is 5.75 Å². The lowest BCUT2D eigenvalue weighted by Gasteiger charge is -2.12. The molecule has 0 aliphatic heterocycles. The summed E-state index contributed by atoms with van der Waals surface area (Å²) in [5, 5.41) is 11.1. The van der Waals surface area contributed by atoms with Crippen LogP contribution in [0.1, 0.15) is 6.92 Å². The molecule has 1 unspecified atom stereocenters. The molecule has 0 spiro atoms. The van der Waals surface area contributed by atoms with Crippen molar-refractivity contribution in [3.05, 3.63) is 0 Å². The van der Waals surface area contributed by atoms with Gasteiger partial charge in [0.2, 0.25) is 0 Å². The van der Waals surface area contributed by atoms with Crippen LogP contribution in [-0.2, 0) is 9.53 Å². The molecule has 0 aromatic heterocycles. The quantitative estimate of drug-likeness (QED) is 0.593. The molecule has 0 saturated carbocycles. The van der Waals surface area contributed by atoms with E-state index in [-0.39, 0.29) is 5.92 Å². The lowest BCUT2D eigenvalue weighted by Crippen LogP contribution is -2.33. The minimum Gasteiger partial charge on any atom is -0.480 e. The summed E-state index contributed by atoms with van der Waals surface area (Å²) in [6, 6.07) is -0.828. The van der Waals surface area contributed by atoms with Gasteiger partial charge in [-0.15, -0.1) is 0 Å². The van der Waals surface area contributed by atoms with Crippen LogP contribution in [0.3, 0.4) is 0 Å². The van der Waals surface area contributed by atoms with Gasteiger partial charge in [0.15, 0.2) is 0 Å². The zero-order valence-electron chi connectivity index (χ0n) is 9.43. The van der Waals surface area contributed by atoms with Crippen LogP contribution in [0, 0.1) is 5.92 Å². The highest BCUT2D eigenvalue weighted by atomic mass is 32.2.